The molecule has 0 fully saturated rings. The van der Waals surface area contributed by atoms with Gasteiger partial charge in [0.05, 0.1) is 17.2 Å². The van der Waals surface area contributed by atoms with E-state index in [1.165, 1.54) is 4.88 Å². The third kappa shape index (κ3) is 7.89. The molecular weight excluding hydrogens is 449 g/mol. The number of aromatic nitrogens is 1. The van der Waals surface area contributed by atoms with Crippen LogP contribution in [-0.4, -0.2) is 66.4 Å². The summed E-state index contributed by atoms with van der Waals surface area (Å²) in [5.41, 5.74) is 1.10. The van der Waals surface area contributed by atoms with E-state index in [1.54, 1.807) is 11.3 Å². The molecule has 6 nitrogen and oxygen atoms in total. The number of hydrogen-bond donors (Lipinski definition) is 1. The Labute approximate surface area is 173 Å². The van der Waals surface area contributed by atoms with Gasteiger partial charge >= 0.3 is 0 Å². The first kappa shape index (κ1) is 24.1. The highest BCUT2D eigenvalue weighted by Gasteiger charge is 2.15. The molecular formula is C17H32IN5OS. The molecule has 0 atom stereocenters. The second kappa shape index (κ2) is 12.5. The molecule has 144 valence electrons. The Morgan fingerprint density at radius 2 is 1.88 bits per heavy atom. The Kier molecular flexibility index (Phi) is 12.0. The van der Waals surface area contributed by atoms with Gasteiger partial charge in [-0.3, -0.25) is 9.79 Å². The van der Waals surface area contributed by atoms with Crippen molar-refractivity contribution in [1.82, 2.24) is 20.1 Å². The van der Waals surface area contributed by atoms with E-state index in [9.17, 15) is 4.79 Å². The predicted molar refractivity (Wildman–Crippen MR) is 117 cm³/mol. The number of carbonyl (C=O) groups is 1. The van der Waals surface area contributed by atoms with Crippen molar-refractivity contribution in [1.29, 1.82) is 0 Å². The molecule has 1 aromatic heterocycles. The molecule has 0 aromatic carbocycles. The van der Waals surface area contributed by atoms with Crippen LogP contribution in [0.1, 0.15) is 36.3 Å². The molecule has 1 N–H and O–H groups in total. The summed E-state index contributed by atoms with van der Waals surface area (Å²) in [7, 11) is 1.91. The number of likely N-dealkylation sites (N-methyl/N-ethyl adjacent to an activating group) is 2. The molecule has 0 bridgehead atoms. The Morgan fingerprint density at radius 1 is 1.24 bits per heavy atom. The number of amides is 1. The molecule has 1 heterocycles. The lowest BCUT2D eigenvalue weighted by Gasteiger charge is -2.25. The average Bonchev–Trinajstić information content (AvgIpc) is 2.85. The molecule has 8 heteroatoms. The van der Waals surface area contributed by atoms with Crippen LogP contribution in [0.4, 0.5) is 0 Å². The second-order valence-electron chi connectivity index (χ2n) is 5.65. The minimum atomic E-state index is 0. The number of aryl methyl sites for hydroxylation is 2. The minimum absolute atomic E-state index is 0. The minimum Gasteiger partial charge on any atom is -0.357 e. The Bertz CT molecular complexity index is 557. The van der Waals surface area contributed by atoms with Crippen LogP contribution in [0.15, 0.2) is 4.99 Å². The number of halogens is 1. The van der Waals surface area contributed by atoms with Gasteiger partial charge in [-0.25, -0.2) is 4.98 Å². The van der Waals surface area contributed by atoms with E-state index < -0.39 is 0 Å². The first-order chi connectivity index (χ1) is 11.4. The largest absolute Gasteiger partial charge is 0.357 e. The summed E-state index contributed by atoms with van der Waals surface area (Å²) >= 11 is 1.73. The molecule has 0 aliphatic heterocycles. The molecule has 0 radical (unpaired) electrons. The molecule has 0 aliphatic rings. The van der Waals surface area contributed by atoms with Gasteiger partial charge in [0.15, 0.2) is 5.96 Å². The summed E-state index contributed by atoms with van der Waals surface area (Å²) in [5, 5.41) is 4.36. The fourth-order valence-electron chi connectivity index (χ4n) is 2.49. The van der Waals surface area contributed by atoms with Crippen LogP contribution in [0.5, 0.6) is 0 Å². The lowest BCUT2D eigenvalue weighted by atomic mass is 10.3. The topological polar surface area (TPSA) is 60.8 Å². The number of thiazole rings is 1. The number of guanidine groups is 1. The van der Waals surface area contributed by atoms with Crippen molar-refractivity contribution >= 4 is 47.2 Å². The number of nitrogens with zero attached hydrogens (tertiary/aromatic N) is 4. The molecule has 1 amide bonds. The number of nitrogens with one attached hydrogen (secondary N) is 1. The molecule has 1 rings (SSSR count). The smallest absolute Gasteiger partial charge is 0.242 e. The zero-order chi connectivity index (χ0) is 18.1. The number of aliphatic imine (C=N–C) groups is 1. The van der Waals surface area contributed by atoms with Gasteiger partial charge in [-0.2, -0.15) is 0 Å². The first-order valence-corrected chi connectivity index (χ1v) is 9.44. The predicted octanol–water partition coefficient (Wildman–Crippen LogP) is 2.69. The Hall–Kier alpha value is -0.900. The second-order valence-corrected chi connectivity index (χ2v) is 6.94. The van der Waals surface area contributed by atoms with Crippen LogP contribution in [0.25, 0.3) is 0 Å². The highest BCUT2D eigenvalue weighted by atomic mass is 127. The number of carbonyl (C=O) groups excluding carboxylic acids is 1. The maximum Gasteiger partial charge on any atom is 0.242 e. The van der Waals surface area contributed by atoms with Gasteiger partial charge < -0.3 is 15.1 Å². The normalized spacial score (nSPS) is 11.0. The van der Waals surface area contributed by atoms with Crippen LogP contribution in [-0.2, 0) is 11.2 Å². The van der Waals surface area contributed by atoms with Gasteiger partial charge in [-0.05, 0) is 34.6 Å². The van der Waals surface area contributed by atoms with E-state index in [-0.39, 0.29) is 29.9 Å². The maximum absolute atomic E-state index is 12.3. The number of rotatable bonds is 8. The highest BCUT2D eigenvalue weighted by molar-refractivity contribution is 14.0. The Morgan fingerprint density at radius 3 is 2.36 bits per heavy atom. The summed E-state index contributed by atoms with van der Waals surface area (Å²) in [6.45, 7) is 13.4. The van der Waals surface area contributed by atoms with E-state index in [2.05, 4.69) is 15.3 Å². The fraction of sp³-hybridized carbons (Fsp3) is 0.706. The molecule has 0 spiro atoms. The van der Waals surface area contributed by atoms with Crippen molar-refractivity contribution in [3.8, 4) is 0 Å². The van der Waals surface area contributed by atoms with E-state index in [0.717, 1.165) is 42.7 Å². The molecule has 0 unspecified atom stereocenters. The van der Waals surface area contributed by atoms with Gasteiger partial charge in [0.2, 0.25) is 5.91 Å². The molecule has 0 aliphatic carbocycles. The molecule has 0 saturated carbocycles. The number of hydrogen-bond acceptors (Lipinski definition) is 4. The summed E-state index contributed by atoms with van der Waals surface area (Å²) < 4.78 is 0. The molecule has 1 aromatic rings. The molecule has 0 saturated heterocycles. The van der Waals surface area contributed by atoms with Gasteiger partial charge in [0.25, 0.3) is 0 Å². The van der Waals surface area contributed by atoms with Crippen LogP contribution < -0.4 is 5.32 Å². The SMILES string of the molecule is CCNC(=NCCc1sc(C)nc1C)N(C)CC(=O)N(CC)CC.I. The Balaban J connectivity index is 0.00000576. The fourth-order valence-corrected chi connectivity index (χ4v) is 3.42. The standard InChI is InChI=1S/C17H31N5OS.HI/c1-7-18-17(21(6)12-16(23)22(8-2)9-3)19-11-10-15-13(4)20-14(5)24-15;/h7-12H2,1-6H3,(H,18,19);1H. The maximum atomic E-state index is 12.3. The molecule has 25 heavy (non-hydrogen) atoms. The zero-order valence-corrected chi connectivity index (χ0v) is 19.4. The third-order valence-electron chi connectivity index (χ3n) is 3.79. The van der Waals surface area contributed by atoms with Gasteiger partial charge in [-0.1, -0.05) is 0 Å². The first-order valence-electron chi connectivity index (χ1n) is 8.62. The van der Waals surface area contributed by atoms with Crippen molar-refractivity contribution in [2.45, 2.75) is 41.0 Å². The van der Waals surface area contributed by atoms with E-state index >= 15 is 0 Å². The zero-order valence-electron chi connectivity index (χ0n) is 16.3. The summed E-state index contributed by atoms with van der Waals surface area (Å²) in [4.78, 5) is 26.4. The van der Waals surface area contributed by atoms with Crippen LogP contribution in [0, 0.1) is 13.8 Å². The summed E-state index contributed by atoms with van der Waals surface area (Å²) in [5.74, 6) is 0.902. The lowest BCUT2D eigenvalue weighted by Crippen LogP contribution is -2.45. The van der Waals surface area contributed by atoms with Crippen molar-refractivity contribution < 1.29 is 4.79 Å². The van der Waals surface area contributed by atoms with Crippen molar-refractivity contribution in [2.24, 2.45) is 4.99 Å². The average molecular weight is 481 g/mol. The monoisotopic (exact) mass is 481 g/mol. The van der Waals surface area contributed by atoms with Gasteiger partial charge in [0.1, 0.15) is 0 Å². The highest BCUT2D eigenvalue weighted by Crippen LogP contribution is 2.17. The van der Waals surface area contributed by atoms with Crippen LogP contribution in [0.3, 0.4) is 0 Å². The van der Waals surface area contributed by atoms with Gasteiger partial charge in [-0.15, -0.1) is 35.3 Å². The lowest BCUT2D eigenvalue weighted by molar-refractivity contribution is -0.131. The van der Waals surface area contributed by atoms with Crippen molar-refractivity contribution in [3.05, 3.63) is 15.6 Å². The van der Waals surface area contributed by atoms with E-state index in [0.29, 0.717) is 13.1 Å². The third-order valence-corrected chi connectivity index (χ3v) is 4.92. The van der Waals surface area contributed by atoms with Gasteiger partial charge in [0, 0.05) is 44.5 Å². The summed E-state index contributed by atoms with van der Waals surface area (Å²) in [6, 6.07) is 0. The van der Waals surface area contributed by atoms with Crippen LogP contribution in [0.2, 0.25) is 0 Å². The van der Waals surface area contributed by atoms with E-state index in [1.807, 2.05) is 51.5 Å². The quantitative estimate of drug-likeness (QED) is 0.353. The van der Waals surface area contributed by atoms with Crippen molar-refractivity contribution in [3.63, 3.8) is 0 Å². The van der Waals surface area contributed by atoms with Crippen LogP contribution >= 0.6 is 35.3 Å². The van der Waals surface area contributed by atoms with Crippen molar-refractivity contribution in [2.75, 3.05) is 39.8 Å². The summed E-state index contributed by atoms with van der Waals surface area (Å²) in [6.07, 6.45) is 0.879. The van der Waals surface area contributed by atoms with E-state index in [4.69, 9.17) is 0 Å².